The molecular formula is C104H122O4. The van der Waals surface area contributed by atoms with Crippen LogP contribution in [0.1, 0.15) is 329 Å². The van der Waals surface area contributed by atoms with Gasteiger partial charge in [0.15, 0.2) is 0 Å². The lowest BCUT2D eigenvalue weighted by Crippen LogP contribution is -2.04. The molecule has 10 aromatic rings. The quantitative estimate of drug-likeness (QED) is 0.0216. The summed E-state index contributed by atoms with van der Waals surface area (Å²) < 4.78 is 27.4. The van der Waals surface area contributed by atoms with E-state index in [0.29, 0.717) is 60.6 Å². The Bertz CT molecular complexity index is 4480. The standard InChI is InChI=1S/C104H122O4/c1-7-13-17-21-25-29-33-37-41-47-73-105-97-79-99(107-75-49-43-39-35-31-27-23-19-15-9-3)91(63-57-83-55-61-87-65-69-93-81(11-5)53-59-85-67-71-95(83)103(87)101(85)93)77-89(97)51-45-46-52-90-78-92(64-58-84-56-62-88-66-70-94-82(12-6)54-60-86-68-72-96(84)104(88)102(86)94)100(108-76-50-44-40-36-32-28-24-20-16-10-4)80-98(90)106-74-48-42-38-34-30-26-22-18-14-8-2/h5-6,53-56,59-62,65-72,77-80H,7-10,13-44,47-50,73-76H2,1-4H3. The summed E-state index contributed by atoms with van der Waals surface area (Å²) in [6.45, 7) is 11.5. The van der Waals surface area contributed by atoms with E-state index in [0.717, 1.165) is 128 Å². The first kappa shape index (κ1) is 81.4. The van der Waals surface area contributed by atoms with Gasteiger partial charge in [-0.1, -0.05) is 367 Å². The van der Waals surface area contributed by atoms with E-state index in [1.54, 1.807) is 0 Å². The molecular weight excluding hydrogens is 1310 g/mol. The van der Waals surface area contributed by atoms with Crippen molar-refractivity contribution in [3.8, 4) is 95.0 Å². The Morgan fingerprint density at radius 3 is 0.667 bits per heavy atom. The van der Waals surface area contributed by atoms with Gasteiger partial charge in [-0.25, -0.2) is 0 Å². The fourth-order valence-electron chi connectivity index (χ4n) is 15.6. The van der Waals surface area contributed by atoms with E-state index < -0.39 is 0 Å². The van der Waals surface area contributed by atoms with Gasteiger partial charge < -0.3 is 18.9 Å². The third-order valence-corrected chi connectivity index (χ3v) is 21.9. The molecule has 0 spiro atoms. The molecule has 0 bridgehead atoms. The molecule has 0 saturated heterocycles. The van der Waals surface area contributed by atoms with Crippen LogP contribution in [-0.2, 0) is 0 Å². The summed E-state index contributed by atoms with van der Waals surface area (Å²) in [5.41, 5.74) is 6.60. The maximum atomic E-state index is 6.85. The molecule has 0 saturated carbocycles. The first-order valence-electron chi connectivity index (χ1n) is 42.7. The second-order valence-electron chi connectivity index (χ2n) is 30.4. The average Bonchev–Trinajstić information content (AvgIpc) is 0.744. The highest BCUT2D eigenvalue weighted by Crippen LogP contribution is 2.40. The van der Waals surface area contributed by atoms with Gasteiger partial charge in [0, 0.05) is 34.4 Å². The van der Waals surface area contributed by atoms with Crippen molar-refractivity contribution in [1.29, 1.82) is 0 Å². The zero-order valence-corrected chi connectivity index (χ0v) is 66.4. The fraction of sp³-hybridized carbons (Fsp3) is 0.462. The van der Waals surface area contributed by atoms with E-state index in [1.165, 1.54) is 227 Å². The van der Waals surface area contributed by atoms with Crippen molar-refractivity contribution in [2.24, 2.45) is 0 Å². The van der Waals surface area contributed by atoms with Gasteiger partial charge in [0.1, 0.15) is 23.0 Å². The maximum absolute atomic E-state index is 6.85. The predicted molar refractivity (Wildman–Crippen MR) is 464 cm³/mol. The third kappa shape index (κ3) is 24.2. The molecule has 0 atom stereocenters. The fourth-order valence-corrected chi connectivity index (χ4v) is 15.6. The Labute approximate surface area is 651 Å². The van der Waals surface area contributed by atoms with Crippen molar-refractivity contribution in [1.82, 2.24) is 0 Å². The zero-order chi connectivity index (χ0) is 75.0. The van der Waals surface area contributed by atoms with Crippen LogP contribution in [0, 0.1) is 72.1 Å². The third-order valence-electron chi connectivity index (χ3n) is 21.9. The van der Waals surface area contributed by atoms with Crippen LogP contribution in [0.2, 0.25) is 0 Å². The Kier molecular flexibility index (Phi) is 34.8. The van der Waals surface area contributed by atoms with E-state index in [1.807, 2.05) is 12.1 Å². The lowest BCUT2D eigenvalue weighted by atomic mass is 9.90. The Hall–Kier alpha value is -9.16. The number of hydrogen-bond donors (Lipinski definition) is 0. The van der Waals surface area contributed by atoms with E-state index in [2.05, 4.69) is 196 Å². The van der Waals surface area contributed by atoms with Crippen LogP contribution < -0.4 is 18.9 Å². The van der Waals surface area contributed by atoms with Crippen LogP contribution in [0.15, 0.2) is 121 Å². The summed E-state index contributed by atoms with van der Waals surface area (Å²) in [6, 6.07) is 42.8. The molecule has 0 radical (unpaired) electrons. The van der Waals surface area contributed by atoms with Gasteiger partial charge in [0.25, 0.3) is 0 Å². The van der Waals surface area contributed by atoms with Crippen molar-refractivity contribution in [2.75, 3.05) is 26.4 Å². The first-order chi connectivity index (χ1) is 53.4. The molecule has 0 N–H and O–H groups in total. The second kappa shape index (κ2) is 46.3. The van der Waals surface area contributed by atoms with E-state index in [4.69, 9.17) is 31.8 Å². The molecule has 0 aliphatic rings. The molecule has 10 aromatic carbocycles. The minimum absolute atomic E-state index is 0.572. The molecule has 0 aromatic heterocycles. The van der Waals surface area contributed by atoms with Gasteiger partial charge in [0.05, 0.1) is 48.7 Å². The summed E-state index contributed by atoms with van der Waals surface area (Å²) in [5, 5.41) is 13.7. The zero-order valence-electron chi connectivity index (χ0n) is 66.4. The molecule has 4 nitrogen and oxygen atoms in total. The second-order valence-corrected chi connectivity index (χ2v) is 30.4. The number of rotatable bonds is 48. The summed E-state index contributed by atoms with van der Waals surface area (Å²) in [7, 11) is 0. The Morgan fingerprint density at radius 1 is 0.213 bits per heavy atom. The number of terminal acetylenes is 2. The van der Waals surface area contributed by atoms with Gasteiger partial charge in [-0.2, -0.15) is 0 Å². The van der Waals surface area contributed by atoms with Crippen molar-refractivity contribution in [3.63, 3.8) is 0 Å². The van der Waals surface area contributed by atoms with Crippen LogP contribution in [0.25, 0.3) is 64.6 Å². The minimum atomic E-state index is 0.572. The van der Waals surface area contributed by atoms with E-state index >= 15 is 0 Å². The molecule has 4 heteroatoms. The monoisotopic (exact) mass is 1430 g/mol. The minimum Gasteiger partial charge on any atom is -0.492 e. The molecule has 0 aliphatic heterocycles. The van der Waals surface area contributed by atoms with Crippen molar-refractivity contribution in [2.45, 2.75) is 285 Å². The lowest BCUT2D eigenvalue weighted by molar-refractivity contribution is 0.288. The van der Waals surface area contributed by atoms with Crippen LogP contribution in [0.3, 0.4) is 0 Å². The maximum Gasteiger partial charge on any atom is 0.138 e. The number of unbranched alkanes of at least 4 members (excludes halogenated alkanes) is 36. The summed E-state index contributed by atoms with van der Waals surface area (Å²) in [5.74, 6) is 37.0. The van der Waals surface area contributed by atoms with Crippen LogP contribution in [-0.4, -0.2) is 26.4 Å². The van der Waals surface area contributed by atoms with Gasteiger partial charge in [-0.15, -0.1) is 12.8 Å². The van der Waals surface area contributed by atoms with Gasteiger partial charge in [0.2, 0.25) is 0 Å². The van der Waals surface area contributed by atoms with Gasteiger partial charge in [-0.05, 0) is 150 Å². The van der Waals surface area contributed by atoms with Crippen LogP contribution >= 0.6 is 0 Å². The van der Waals surface area contributed by atoms with Crippen molar-refractivity contribution < 1.29 is 18.9 Å². The highest BCUT2D eigenvalue weighted by molar-refractivity contribution is 6.26. The van der Waals surface area contributed by atoms with E-state index in [-0.39, 0.29) is 0 Å². The molecule has 0 fully saturated rings. The SMILES string of the molecule is C#Cc1ccc2ccc3c(C#Cc4cc(C#CC#Cc5cc(C#Cc6ccc7ccc8c(C#C)ccc9ccc6c7c98)c(OCCCCCCCCCCCC)cc5OCCCCCCCCCCCC)c(OCCCCCCCCCCCC)cc4OCCCCCCCCCCCC)ccc4ccc1c2c43. The molecule has 562 valence electrons. The van der Waals surface area contributed by atoms with Crippen LogP contribution in [0.4, 0.5) is 0 Å². The Morgan fingerprint density at radius 2 is 0.417 bits per heavy atom. The van der Waals surface area contributed by atoms with Gasteiger partial charge in [-0.3, -0.25) is 0 Å². The first-order valence-corrected chi connectivity index (χ1v) is 42.7. The normalized spacial score (nSPS) is 11.2. The summed E-state index contributed by atoms with van der Waals surface area (Å²) in [4.78, 5) is 0. The van der Waals surface area contributed by atoms with Crippen molar-refractivity contribution >= 4 is 64.6 Å². The highest BCUT2D eigenvalue weighted by atomic mass is 16.5. The summed E-state index contributed by atoms with van der Waals surface area (Å²) in [6.07, 6.45) is 62.1. The number of ether oxygens (including phenoxy) is 4. The Balaban J connectivity index is 1.01. The number of benzene rings is 10. The number of hydrogen-bond acceptors (Lipinski definition) is 4. The molecule has 0 unspecified atom stereocenters. The summed E-state index contributed by atoms with van der Waals surface area (Å²) >= 11 is 0. The molecule has 10 rings (SSSR count). The average molecular weight is 1440 g/mol. The topological polar surface area (TPSA) is 36.9 Å². The van der Waals surface area contributed by atoms with Crippen LogP contribution in [0.5, 0.6) is 23.0 Å². The molecule has 0 aliphatic carbocycles. The largest absolute Gasteiger partial charge is 0.492 e. The highest BCUT2D eigenvalue weighted by Gasteiger charge is 2.18. The lowest BCUT2D eigenvalue weighted by Gasteiger charge is -2.14. The smallest absolute Gasteiger partial charge is 0.138 e. The predicted octanol–water partition coefficient (Wildman–Crippen LogP) is 28.8. The van der Waals surface area contributed by atoms with E-state index in [9.17, 15) is 0 Å². The van der Waals surface area contributed by atoms with Gasteiger partial charge >= 0.3 is 0 Å². The van der Waals surface area contributed by atoms with Crippen molar-refractivity contribution in [3.05, 3.63) is 166 Å². The molecule has 0 heterocycles. The molecule has 108 heavy (non-hydrogen) atoms. The molecule has 0 amide bonds.